The first-order valence-electron chi connectivity index (χ1n) is 5.29. The summed E-state index contributed by atoms with van der Waals surface area (Å²) in [6.45, 7) is 2.11. The highest BCUT2D eigenvalue weighted by atomic mass is 79.9. The quantitative estimate of drug-likeness (QED) is 0.938. The number of rotatable bonds is 3. The van der Waals surface area contributed by atoms with Crippen LogP contribution in [0, 0.1) is 0 Å². The summed E-state index contributed by atoms with van der Waals surface area (Å²) < 4.78 is 2.84. The number of nitrogens with one attached hydrogen (secondary N) is 1. The zero-order valence-corrected chi connectivity index (χ0v) is 12.0. The molecule has 1 unspecified atom stereocenters. The molecular weight excluding hydrogens is 302 g/mol. The Bertz CT molecular complexity index is 524. The van der Waals surface area contributed by atoms with E-state index in [1.54, 1.807) is 17.1 Å². The van der Waals surface area contributed by atoms with Gasteiger partial charge in [-0.25, -0.2) is 4.68 Å². The van der Waals surface area contributed by atoms with Gasteiger partial charge in [0.2, 0.25) is 0 Å². The maximum Gasteiger partial charge on any atom is 0.0790 e. The number of hydrogen-bond acceptors (Lipinski definition) is 2. The van der Waals surface area contributed by atoms with Crippen LogP contribution in [0.15, 0.2) is 35.1 Å². The van der Waals surface area contributed by atoms with Gasteiger partial charge in [-0.1, -0.05) is 27.5 Å². The highest BCUT2D eigenvalue weighted by Gasteiger charge is 2.11. The summed E-state index contributed by atoms with van der Waals surface area (Å²) in [7, 11) is 1.94. The number of halogens is 2. The van der Waals surface area contributed by atoms with Gasteiger partial charge < -0.3 is 5.32 Å². The summed E-state index contributed by atoms with van der Waals surface area (Å²) in [5.74, 6) is 0. The largest absolute Gasteiger partial charge is 0.313 e. The summed E-state index contributed by atoms with van der Waals surface area (Å²) in [6, 6.07) is 6.35. The van der Waals surface area contributed by atoms with E-state index in [0.717, 1.165) is 10.2 Å². The zero-order chi connectivity index (χ0) is 12.4. The van der Waals surface area contributed by atoms with E-state index in [1.807, 2.05) is 19.2 Å². The molecule has 1 atom stereocenters. The zero-order valence-electron chi connectivity index (χ0n) is 9.61. The molecule has 2 rings (SSSR count). The Labute approximate surface area is 114 Å². The minimum atomic E-state index is 0.241. The molecule has 0 aliphatic heterocycles. The molecule has 17 heavy (non-hydrogen) atoms. The lowest BCUT2D eigenvalue weighted by Gasteiger charge is -2.16. The fraction of sp³-hybridized carbons (Fsp3) is 0.250. The molecule has 1 aromatic heterocycles. The molecule has 0 bridgehead atoms. The van der Waals surface area contributed by atoms with Gasteiger partial charge in [0.25, 0.3) is 0 Å². The number of nitrogens with zero attached hydrogens (tertiary/aromatic N) is 2. The molecule has 5 heteroatoms. The Hall–Kier alpha value is -0.840. The third-order valence-electron chi connectivity index (χ3n) is 2.69. The topological polar surface area (TPSA) is 29.9 Å². The molecule has 0 saturated carbocycles. The highest BCUT2D eigenvalue weighted by Crippen LogP contribution is 2.25. The van der Waals surface area contributed by atoms with Crippen molar-refractivity contribution in [3.05, 3.63) is 45.7 Å². The van der Waals surface area contributed by atoms with Gasteiger partial charge in [-0.2, -0.15) is 5.10 Å². The van der Waals surface area contributed by atoms with Crippen LogP contribution in [0.3, 0.4) is 0 Å². The average Bonchev–Trinajstić information content (AvgIpc) is 2.74. The first-order valence-corrected chi connectivity index (χ1v) is 6.46. The van der Waals surface area contributed by atoms with Crippen molar-refractivity contribution in [2.45, 2.75) is 13.0 Å². The van der Waals surface area contributed by atoms with Gasteiger partial charge in [-0.15, -0.1) is 0 Å². The lowest BCUT2D eigenvalue weighted by atomic mass is 10.1. The predicted molar refractivity (Wildman–Crippen MR) is 73.7 cm³/mol. The first-order chi connectivity index (χ1) is 8.11. The van der Waals surface area contributed by atoms with Crippen molar-refractivity contribution in [3.63, 3.8) is 0 Å². The highest BCUT2D eigenvalue weighted by molar-refractivity contribution is 9.10. The summed E-state index contributed by atoms with van der Waals surface area (Å²) in [5, 5.41) is 8.10. The normalized spacial score (nSPS) is 12.7. The van der Waals surface area contributed by atoms with Crippen molar-refractivity contribution in [1.29, 1.82) is 0 Å². The average molecular weight is 315 g/mol. The monoisotopic (exact) mass is 313 g/mol. The van der Waals surface area contributed by atoms with Crippen LogP contribution in [0.1, 0.15) is 18.5 Å². The molecule has 0 fully saturated rings. The van der Waals surface area contributed by atoms with E-state index in [-0.39, 0.29) is 6.04 Å². The van der Waals surface area contributed by atoms with Crippen LogP contribution in [-0.4, -0.2) is 16.8 Å². The molecule has 0 spiro atoms. The van der Waals surface area contributed by atoms with Gasteiger partial charge in [-0.05, 0) is 37.7 Å². The smallest absolute Gasteiger partial charge is 0.0790 e. The van der Waals surface area contributed by atoms with E-state index in [0.29, 0.717) is 5.02 Å². The number of benzene rings is 1. The van der Waals surface area contributed by atoms with E-state index in [9.17, 15) is 0 Å². The molecule has 2 aromatic rings. The summed E-state index contributed by atoms with van der Waals surface area (Å²) in [6.07, 6.45) is 3.44. The standard InChI is InChI=1S/C12H13BrClN3/c1-8(15-2)11-5-9(13)3-4-12(11)17-7-10(14)6-16-17/h3-8,15H,1-2H3. The van der Waals surface area contributed by atoms with Crippen molar-refractivity contribution in [3.8, 4) is 5.69 Å². The molecule has 0 radical (unpaired) electrons. The summed E-state index contributed by atoms with van der Waals surface area (Å²) in [4.78, 5) is 0. The van der Waals surface area contributed by atoms with Gasteiger partial charge in [0.1, 0.15) is 0 Å². The van der Waals surface area contributed by atoms with Crippen LogP contribution in [0.25, 0.3) is 5.69 Å². The Morgan fingerprint density at radius 2 is 2.24 bits per heavy atom. The maximum absolute atomic E-state index is 5.90. The molecule has 0 saturated heterocycles. The van der Waals surface area contributed by atoms with Crippen LogP contribution in [0.5, 0.6) is 0 Å². The van der Waals surface area contributed by atoms with Crippen LogP contribution >= 0.6 is 27.5 Å². The molecule has 1 heterocycles. The minimum absolute atomic E-state index is 0.241. The first kappa shape index (κ1) is 12.6. The van der Waals surface area contributed by atoms with Crippen molar-refractivity contribution in [1.82, 2.24) is 15.1 Å². The van der Waals surface area contributed by atoms with Gasteiger partial charge in [0, 0.05) is 16.7 Å². The van der Waals surface area contributed by atoms with Crippen molar-refractivity contribution >= 4 is 27.5 Å². The van der Waals surface area contributed by atoms with E-state index in [2.05, 4.69) is 39.3 Å². The van der Waals surface area contributed by atoms with Gasteiger partial charge in [0.15, 0.2) is 0 Å². The maximum atomic E-state index is 5.90. The van der Waals surface area contributed by atoms with Gasteiger partial charge in [0.05, 0.1) is 16.9 Å². The summed E-state index contributed by atoms with van der Waals surface area (Å²) in [5.41, 5.74) is 2.20. The molecule has 0 aliphatic rings. The molecule has 0 amide bonds. The minimum Gasteiger partial charge on any atom is -0.313 e. The van der Waals surface area contributed by atoms with Gasteiger partial charge in [-0.3, -0.25) is 0 Å². The Morgan fingerprint density at radius 3 is 2.82 bits per heavy atom. The SMILES string of the molecule is CNC(C)c1cc(Br)ccc1-n1cc(Cl)cn1. The van der Waals surface area contributed by atoms with E-state index in [1.165, 1.54) is 5.56 Å². The van der Waals surface area contributed by atoms with E-state index < -0.39 is 0 Å². The second-order valence-electron chi connectivity index (χ2n) is 3.82. The van der Waals surface area contributed by atoms with Crippen molar-refractivity contribution < 1.29 is 0 Å². The van der Waals surface area contributed by atoms with E-state index >= 15 is 0 Å². The summed E-state index contributed by atoms with van der Waals surface area (Å²) >= 11 is 9.39. The van der Waals surface area contributed by atoms with Crippen LogP contribution < -0.4 is 5.32 Å². The lowest BCUT2D eigenvalue weighted by molar-refractivity contribution is 0.644. The fourth-order valence-electron chi connectivity index (χ4n) is 1.67. The number of hydrogen-bond donors (Lipinski definition) is 1. The van der Waals surface area contributed by atoms with Crippen LogP contribution in [0.4, 0.5) is 0 Å². The Kier molecular flexibility index (Phi) is 3.86. The fourth-order valence-corrected chi connectivity index (χ4v) is 2.18. The molecule has 90 valence electrons. The Morgan fingerprint density at radius 1 is 1.47 bits per heavy atom. The second-order valence-corrected chi connectivity index (χ2v) is 5.17. The van der Waals surface area contributed by atoms with Gasteiger partial charge >= 0.3 is 0 Å². The third kappa shape index (κ3) is 2.70. The van der Waals surface area contributed by atoms with Crippen LogP contribution in [0.2, 0.25) is 5.02 Å². The molecule has 1 N–H and O–H groups in total. The molecular formula is C12H13BrClN3. The van der Waals surface area contributed by atoms with E-state index in [4.69, 9.17) is 11.6 Å². The predicted octanol–water partition coefficient (Wildman–Crippen LogP) is 3.57. The molecule has 0 aliphatic carbocycles. The van der Waals surface area contributed by atoms with Crippen molar-refractivity contribution in [2.24, 2.45) is 0 Å². The molecule has 1 aromatic carbocycles. The van der Waals surface area contributed by atoms with Crippen LogP contribution in [-0.2, 0) is 0 Å². The van der Waals surface area contributed by atoms with Crippen molar-refractivity contribution in [2.75, 3.05) is 7.05 Å². The Balaban J connectivity index is 2.53. The third-order valence-corrected chi connectivity index (χ3v) is 3.38. The molecule has 3 nitrogen and oxygen atoms in total. The second kappa shape index (κ2) is 5.21. The number of aromatic nitrogens is 2. The lowest BCUT2D eigenvalue weighted by Crippen LogP contribution is -2.15.